The highest BCUT2D eigenvalue weighted by atomic mass is 127. The van der Waals surface area contributed by atoms with Crippen molar-refractivity contribution in [2.75, 3.05) is 11.0 Å². The number of nitrogens with one attached hydrogen (secondary N) is 1. The topological polar surface area (TPSA) is 29.1 Å². The van der Waals surface area contributed by atoms with E-state index < -0.39 is 24.0 Å². The lowest BCUT2D eigenvalue weighted by Crippen LogP contribution is -2.47. The Balaban J connectivity index is 2.09. The molecule has 0 radical (unpaired) electrons. The number of carbonyl (C=O) groups excluding carboxylic acids is 1. The van der Waals surface area contributed by atoms with Crippen LogP contribution in [0.25, 0.3) is 5.57 Å². The number of halogens is 4. The maximum Gasteiger partial charge on any atom is 0.405 e. The number of hydrogen-bond acceptors (Lipinski definition) is 1. The van der Waals surface area contributed by atoms with Crippen LogP contribution in [-0.2, 0) is 10.2 Å². The Kier molecular flexibility index (Phi) is 5.27. The van der Waals surface area contributed by atoms with Gasteiger partial charge in [0.05, 0.1) is 5.41 Å². The van der Waals surface area contributed by atoms with Crippen LogP contribution in [-0.4, -0.2) is 23.1 Å². The molecule has 0 aliphatic heterocycles. The van der Waals surface area contributed by atoms with Gasteiger partial charge in [0.1, 0.15) is 6.54 Å². The first-order chi connectivity index (χ1) is 11.9. The molecule has 0 fully saturated rings. The second-order valence-corrected chi connectivity index (χ2v) is 7.45. The Morgan fingerprint density at radius 3 is 2.76 bits per heavy atom. The van der Waals surface area contributed by atoms with Crippen molar-refractivity contribution < 1.29 is 18.0 Å². The summed E-state index contributed by atoms with van der Waals surface area (Å²) < 4.78 is 38.8. The quantitative estimate of drug-likeness (QED) is 0.489. The van der Waals surface area contributed by atoms with Gasteiger partial charge in [-0.3, -0.25) is 4.79 Å². The normalized spacial score (nSPS) is 21.9. The van der Waals surface area contributed by atoms with E-state index in [1.54, 1.807) is 0 Å². The van der Waals surface area contributed by atoms with Gasteiger partial charge in [0, 0.05) is 0 Å². The minimum absolute atomic E-state index is 0.514. The first-order valence-electron chi connectivity index (χ1n) is 8.31. The van der Waals surface area contributed by atoms with Crippen LogP contribution >= 0.6 is 22.6 Å². The predicted molar refractivity (Wildman–Crippen MR) is 101 cm³/mol. The van der Waals surface area contributed by atoms with Crippen LogP contribution in [0, 0.1) is 0 Å². The first-order valence-corrected chi connectivity index (χ1v) is 9.84. The van der Waals surface area contributed by atoms with Gasteiger partial charge >= 0.3 is 6.18 Å². The molecule has 0 spiro atoms. The van der Waals surface area contributed by atoms with Crippen LogP contribution in [0.4, 0.5) is 13.2 Å². The van der Waals surface area contributed by atoms with Gasteiger partial charge in [0.25, 0.3) is 0 Å². The zero-order valence-electron chi connectivity index (χ0n) is 13.6. The summed E-state index contributed by atoms with van der Waals surface area (Å²) in [5.74, 6) is -0.543. The molecule has 1 amide bonds. The van der Waals surface area contributed by atoms with Gasteiger partial charge in [-0.1, -0.05) is 59.0 Å². The number of benzene rings is 1. The minimum Gasteiger partial charge on any atom is -0.346 e. The molecule has 3 rings (SSSR count). The van der Waals surface area contributed by atoms with Gasteiger partial charge in [-0.05, 0) is 52.4 Å². The fourth-order valence-electron chi connectivity index (χ4n) is 3.90. The Hall–Kier alpha value is -1.31. The maximum atomic E-state index is 13.1. The number of allylic oxidation sites excluding steroid dienone is 3. The summed E-state index contributed by atoms with van der Waals surface area (Å²) in [6.45, 7) is -1.30. The molecule has 134 valence electrons. The molecular formula is C19H19F3INO. The second-order valence-electron chi connectivity index (χ2n) is 6.37. The Morgan fingerprint density at radius 1 is 1.28 bits per heavy atom. The summed E-state index contributed by atoms with van der Waals surface area (Å²) in [6, 6.07) is 7.65. The summed E-state index contributed by atoms with van der Waals surface area (Å²) in [4.78, 5) is 13.1. The van der Waals surface area contributed by atoms with Gasteiger partial charge in [0.2, 0.25) is 5.91 Å². The average Bonchev–Trinajstić information content (AvgIpc) is 2.89. The number of fused-ring (bicyclic) bond motifs is 2. The van der Waals surface area contributed by atoms with Crippen LogP contribution in [0.3, 0.4) is 0 Å². The maximum absolute atomic E-state index is 13.1. The standard InChI is InChI=1S/C19H19F3INO/c20-19(21,22)12-24-17(25)18(10-5-11-23)15-8-3-1-6-13(15)14-7-2-4-9-16(14)18/h1,3-4,6,8-9H,2,5,7,10-12H2,(H,24,25). The molecule has 0 bridgehead atoms. The summed E-state index contributed by atoms with van der Waals surface area (Å²) in [5.41, 5.74) is 2.82. The Labute approximate surface area is 158 Å². The van der Waals surface area contributed by atoms with E-state index >= 15 is 0 Å². The molecular weight excluding hydrogens is 442 g/mol. The number of amides is 1. The van der Waals surface area contributed by atoms with Gasteiger partial charge < -0.3 is 5.32 Å². The highest BCUT2D eigenvalue weighted by Crippen LogP contribution is 2.52. The third kappa shape index (κ3) is 3.37. The van der Waals surface area contributed by atoms with Gasteiger partial charge in [-0.15, -0.1) is 0 Å². The fraction of sp³-hybridized carbons (Fsp3) is 0.421. The molecule has 1 N–H and O–H groups in total. The Morgan fingerprint density at radius 2 is 2.04 bits per heavy atom. The molecule has 1 aromatic carbocycles. The van der Waals surface area contributed by atoms with Crippen LogP contribution in [0.1, 0.15) is 36.8 Å². The molecule has 25 heavy (non-hydrogen) atoms. The number of alkyl halides is 4. The molecule has 0 saturated heterocycles. The first kappa shape index (κ1) is 18.5. The van der Waals surface area contributed by atoms with Crippen LogP contribution in [0.5, 0.6) is 0 Å². The van der Waals surface area contributed by atoms with Crippen molar-refractivity contribution in [1.29, 1.82) is 0 Å². The van der Waals surface area contributed by atoms with Crippen LogP contribution in [0.2, 0.25) is 0 Å². The fourth-order valence-corrected chi connectivity index (χ4v) is 4.28. The predicted octanol–water partition coefficient (Wildman–Crippen LogP) is 4.94. The molecule has 0 aromatic heterocycles. The van der Waals surface area contributed by atoms with E-state index in [9.17, 15) is 18.0 Å². The van der Waals surface area contributed by atoms with Crippen molar-refractivity contribution in [3.8, 4) is 0 Å². The van der Waals surface area contributed by atoms with Gasteiger partial charge in [0.15, 0.2) is 0 Å². The minimum atomic E-state index is -4.42. The van der Waals surface area contributed by atoms with Crippen LogP contribution in [0.15, 0.2) is 42.0 Å². The monoisotopic (exact) mass is 461 g/mol. The van der Waals surface area contributed by atoms with Gasteiger partial charge in [-0.25, -0.2) is 0 Å². The molecule has 6 heteroatoms. The van der Waals surface area contributed by atoms with E-state index in [4.69, 9.17) is 0 Å². The van der Waals surface area contributed by atoms with E-state index in [-0.39, 0.29) is 0 Å². The lowest BCUT2D eigenvalue weighted by atomic mass is 9.72. The summed E-state index contributed by atoms with van der Waals surface area (Å²) in [5, 5.41) is 2.15. The van der Waals surface area contributed by atoms with E-state index in [0.717, 1.165) is 46.0 Å². The lowest BCUT2D eigenvalue weighted by molar-refractivity contribution is -0.141. The summed E-state index contributed by atoms with van der Waals surface area (Å²) in [7, 11) is 0. The van der Waals surface area contributed by atoms with Crippen molar-refractivity contribution in [3.63, 3.8) is 0 Å². The third-order valence-corrected chi connectivity index (χ3v) is 5.63. The SMILES string of the molecule is O=C(NCC(F)(F)F)C1(CCCI)C2=C(CCC=C2)c2ccccc21. The van der Waals surface area contributed by atoms with E-state index in [1.807, 2.05) is 36.4 Å². The average molecular weight is 461 g/mol. The van der Waals surface area contributed by atoms with Crippen molar-refractivity contribution in [1.82, 2.24) is 5.32 Å². The molecule has 0 saturated carbocycles. The molecule has 1 aromatic rings. The number of rotatable bonds is 5. The molecule has 2 aliphatic carbocycles. The molecule has 1 atom stereocenters. The Bertz CT molecular complexity index is 738. The smallest absolute Gasteiger partial charge is 0.346 e. The largest absolute Gasteiger partial charge is 0.405 e. The van der Waals surface area contributed by atoms with E-state index in [1.165, 1.54) is 0 Å². The number of hydrogen-bond donors (Lipinski definition) is 1. The second kappa shape index (κ2) is 7.13. The molecule has 0 heterocycles. The summed E-state index contributed by atoms with van der Waals surface area (Å²) in [6.07, 6.45) is 2.53. The zero-order chi connectivity index (χ0) is 18.1. The molecule has 1 unspecified atom stereocenters. The van der Waals surface area contributed by atoms with Crippen molar-refractivity contribution in [2.45, 2.75) is 37.3 Å². The van der Waals surface area contributed by atoms with Crippen LogP contribution < -0.4 is 5.32 Å². The molecule has 2 aliphatic rings. The van der Waals surface area contributed by atoms with Crippen molar-refractivity contribution in [3.05, 3.63) is 53.1 Å². The van der Waals surface area contributed by atoms with Gasteiger partial charge in [-0.2, -0.15) is 13.2 Å². The van der Waals surface area contributed by atoms with E-state index in [2.05, 4.69) is 27.9 Å². The highest BCUT2D eigenvalue weighted by molar-refractivity contribution is 14.1. The highest BCUT2D eigenvalue weighted by Gasteiger charge is 2.50. The van der Waals surface area contributed by atoms with Crippen molar-refractivity contribution in [2.24, 2.45) is 0 Å². The number of carbonyl (C=O) groups is 1. The van der Waals surface area contributed by atoms with Crippen molar-refractivity contribution >= 4 is 34.1 Å². The summed E-state index contributed by atoms with van der Waals surface area (Å²) >= 11 is 2.24. The zero-order valence-corrected chi connectivity index (χ0v) is 15.8. The lowest BCUT2D eigenvalue weighted by Gasteiger charge is -2.32. The third-order valence-electron chi connectivity index (χ3n) is 4.86. The molecule has 2 nitrogen and oxygen atoms in total. The van der Waals surface area contributed by atoms with E-state index in [0.29, 0.717) is 6.42 Å².